The van der Waals surface area contributed by atoms with Crippen LogP contribution < -0.4 is 19.7 Å². The van der Waals surface area contributed by atoms with Gasteiger partial charge in [-0.1, -0.05) is 47.8 Å². The topological polar surface area (TPSA) is 93.0 Å². The molecule has 260 valence electrons. The average molecular weight is 707 g/mol. The molecule has 10 heteroatoms. The van der Waals surface area contributed by atoms with E-state index < -0.39 is 11.4 Å². The number of aryl methyl sites for hydroxylation is 4. The van der Waals surface area contributed by atoms with Crippen LogP contribution in [0.1, 0.15) is 72.6 Å². The van der Waals surface area contributed by atoms with Crippen molar-refractivity contribution in [3.8, 4) is 11.5 Å². The third-order valence-electron chi connectivity index (χ3n) is 10.1. The largest absolute Gasteiger partial charge is 0.494 e. The Hall–Kier alpha value is -3.88. The Balaban J connectivity index is 1.21. The van der Waals surface area contributed by atoms with Gasteiger partial charge in [0.05, 0.1) is 29.3 Å². The molecule has 0 aliphatic carbocycles. The number of para-hydroxylation sites is 1. The van der Waals surface area contributed by atoms with Crippen LogP contribution in [0.25, 0.3) is 10.9 Å². The van der Waals surface area contributed by atoms with Gasteiger partial charge < -0.3 is 29.4 Å². The summed E-state index contributed by atoms with van der Waals surface area (Å²) in [6.45, 7) is 8.27. The second-order valence-corrected chi connectivity index (χ2v) is 14.5. The summed E-state index contributed by atoms with van der Waals surface area (Å²) in [6.07, 6.45) is 5.43. The molecule has 3 heterocycles. The molecular formula is C39H45Cl2N3O5. The molecular weight excluding hydrogens is 661 g/mol. The SMILES string of the molecule is Cc1cc(OCCCn2c(C(=O)O)c(N3CCC4(CCCCc5ccccc5OC[C@H](C)NC4=O)CC3)c3cc(Cl)ccc32)cc(C)c1Cl. The number of halogens is 2. The minimum atomic E-state index is -0.995. The highest BCUT2D eigenvalue weighted by atomic mass is 35.5. The number of carboxylic acids is 1. The number of benzene rings is 3. The van der Waals surface area contributed by atoms with E-state index in [1.54, 1.807) is 6.07 Å². The number of fused-ring (bicyclic) bond motifs is 2. The number of hydrogen-bond donors (Lipinski definition) is 2. The maximum absolute atomic E-state index is 13.9. The maximum atomic E-state index is 13.9. The first-order valence-electron chi connectivity index (χ1n) is 17.3. The van der Waals surface area contributed by atoms with Crippen LogP contribution in [0.15, 0.2) is 54.6 Å². The summed E-state index contributed by atoms with van der Waals surface area (Å²) < 4.78 is 14.1. The Morgan fingerprint density at radius 3 is 2.51 bits per heavy atom. The van der Waals surface area contributed by atoms with Gasteiger partial charge >= 0.3 is 5.97 Å². The van der Waals surface area contributed by atoms with Crippen molar-refractivity contribution in [2.45, 2.75) is 78.3 Å². The van der Waals surface area contributed by atoms with Gasteiger partial charge in [-0.3, -0.25) is 4.79 Å². The molecule has 0 radical (unpaired) electrons. The average Bonchev–Trinajstić information content (AvgIpc) is 3.40. The van der Waals surface area contributed by atoms with Gasteiger partial charge in [-0.2, -0.15) is 0 Å². The fourth-order valence-corrected chi connectivity index (χ4v) is 7.77. The first-order chi connectivity index (χ1) is 23.6. The van der Waals surface area contributed by atoms with Gasteiger partial charge in [0.1, 0.15) is 18.1 Å². The highest BCUT2D eigenvalue weighted by Crippen LogP contribution is 2.43. The summed E-state index contributed by atoms with van der Waals surface area (Å²) in [5.74, 6) is 0.699. The van der Waals surface area contributed by atoms with E-state index in [0.29, 0.717) is 62.8 Å². The lowest BCUT2D eigenvalue weighted by Crippen LogP contribution is -2.52. The highest BCUT2D eigenvalue weighted by Gasteiger charge is 2.42. The van der Waals surface area contributed by atoms with E-state index in [1.165, 1.54) is 5.56 Å². The number of carbonyl (C=O) groups is 2. The Morgan fingerprint density at radius 2 is 1.78 bits per heavy atom. The molecule has 4 aromatic rings. The van der Waals surface area contributed by atoms with E-state index in [-0.39, 0.29) is 17.6 Å². The van der Waals surface area contributed by atoms with Crippen LogP contribution >= 0.6 is 23.2 Å². The zero-order chi connectivity index (χ0) is 34.7. The van der Waals surface area contributed by atoms with Crippen LogP contribution in [0, 0.1) is 19.3 Å². The normalized spacial score (nSPS) is 18.3. The molecule has 1 spiro atoms. The predicted molar refractivity (Wildman–Crippen MR) is 196 cm³/mol. The number of anilines is 1. The number of aromatic nitrogens is 1. The Kier molecular flexibility index (Phi) is 10.7. The molecule has 1 amide bonds. The standard InChI is InChI=1S/C39H45Cl2N3O5/c1-25-21-30(22-26(2)34(25)41)48-20-8-17-44-32-13-12-29(40)23-31(32)35(36(44)37(45)46)43-18-15-39(16-19-43)14-7-6-10-28-9-4-5-11-33(28)49-24-27(3)42-38(39)47/h4-5,9,11-13,21-23,27H,6-8,10,14-20,24H2,1-3H3,(H,42,47)(H,45,46)/t27-/m0/s1. The van der Waals surface area contributed by atoms with Crippen LogP contribution in [-0.2, 0) is 17.8 Å². The van der Waals surface area contributed by atoms with Crippen molar-refractivity contribution in [3.63, 3.8) is 0 Å². The third-order valence-corrected chi connectivity index (χ3v) is 10.9. The first-order valence-corrected chi connectivity index (χ1v) is 18.0. The predicted octanol–water partition coefficient (Wildman–Crippen LogP) is 8.63. The number of carboxylic acid groups (broad SMARTS) is 1. The van der Waals surface area contributed by atoms with Crippen LogP contribution in [0.4, 0.5) is 5.69 Å². The monoisotopic (exact) mass is 705 g/mol. The molecule has 2 N–H and O–H groups in total. The third kappa shape index (κ3) is 7.51. The summed E-state index contributed by atoms with van der Waals surface area (Å²) in [5, 5.41) is 16.0. The minimum Gasteiger partial charge on any atom is -0.494 e. The number of carbonyl (C=O) groups excluding carboxylic acids is 1. The molecule has 49 heavy (non-hydrogen) atoms. The first kappa shape index (κ1) is 35.0. The number of piperidine rings is 1. The number of hydrogen-bond acceptors (Lipinski definition) is 5. The molecule has 8 nitrogen and oxygen atoms in total. The van der Waals surface area contributed by atoms with Gasteiger partial charge in [-0.25, -0.2) is 4.79 Å². The van der Waals surface area contributed by atoms with Crippen molar-refractivity contribution in [1.82, 2.24) is 9.88 Å². The summed E-state index contributed by atoms with van der Waals surface area (Å²) >= 11 is 12.8. The molecule has 6 rings (SSSR count). The van der Waals surface area contributed by atoms with Crippen LogP contribution in [0.2, 0.25) is 10.0 Å². The molecule has 0 saturated carbocycles. The quantitative estimate of drug-likeness (QED) is 0.187. The van der Waals surface area contributed by atoms with E-state index in [0.717, 1.165) is 64.2 Å². The fourth-order valence-electron chi connectivity index (χ4n) is 7.49. The molecule has 1 fully saturated rings. The van der Waals surface area contributed by atoms with E-state index in [9.17, 15) is 14.7 Å². The lowest BCUT2D eigenvalue weighted by molar-refractivity contribution is -0.133. The lowest BCUT2D eigenvalue weighted by Gasteiger charge is -2.42. The summed E-state index contributed by atoms with van der Waals surface area (Å²) in [4.78, 5) is 29.1. The molecule has 2 aliphatic rings. The minimum absolute atomic E-state index is 0.0621. The van der Waals surface area contributed by atoms with Crippen molar-refractivity contribution in [1.29, 1.82) is 0 Å². The maximum Gasteiger partial charge on any atom is 0.354 e. The Labute approximate surface area is 298 Å². The summed E-state index contributed by atoms with van der Waals surface area (Å²) in [5.41, 5.74) is 4.29. The second-order valence-electron chi connectivity index (χ2n) is 13.7. The zero-order valence-electron chi connectivity index (χ0n) is 28.5. The molecule has 1 saturated heterocycles. The van der Waals surface area contributed by atoms with Gasteiger partial charge in [-0.05, 0) is 112 Å². The van der Waals surface area contributed by atoms with Crippen molar-refractivity contribution >= 4 is 51.7 Å². The molecule has 2 aliphatic heterocycles. The van der Waals surface area contributed by atoms with E-state index in [1.807, 2.05) is 67.8 Å². The van der Waals surface area contributed by atoms with Gasteiger partial charge in [0.25, 0.3) is 0 Å². The summed E-state index contributed by atoms with van der Waals surface area (Å²) in [7, 11) is 0. The number of ether oxygens (including phenoxy) is 2. The van der Waals surface area contributed by atoms with E-state index in [2.05, 4.69) is 16.3 Å². The van der Waals surface area contributed by atoms with E-state index >= 15 is 0 Å². The van der Waals surface area contributed by atoms with Gasteiger partial charge in [0, 0.05) is 35.1 Å². The second kappa shape index (κ2) is 14.9. The molecule has 1 atom stereocenters. The van der Waals surface area contributed by atoms with Crippen LogP contribution in [-0.4, -0.2) is 53.9 Å². The molecule has 1 aromatic heterocycles. The smallest absolute Gasteiger partial charge is 0.354 e. The van der Waals surface area contributed by atoms with Gasteiger partial charge in [0.2, 0.25) is 5.91 Å². The number of amides is 1. The van der Waals surface area contributed by atoms with Crippen molar-refractivity contribution in [3.05, 3.63) is 87.0 Å². The molecule has 0 bridgehead atoms. The van der Waals surface area contributed by atoms with Gasteiger partial charge in [-0.15, -0.1) is 0 Å². The van der Waals surface area contributed by atoms with Crippen LogP contribution in [0.3, 0.4) is 0 Å². The van der Waals surface area contributed by atoms with Crippen molar-refractivity contribution in [2.75, 3.05) is 31.2 Å². The Morgan fingerprint density at radius 1 is 1.04 bits per heavy atom. The van der Waals surface area contributed by atoms with Gasteiger partial charge in [0.15, 0.2) is 5.69 Å². The lowest BCUT2D eigenvalue weighted by atomic mass is 9.73. The number of aromatic carboxylic acids is 1. The Bertz CT molecular complexity index is 1820. The van der Waals surface area contributed by atoms with Crippen molar-refractivity contribution < 1.29 is 24.2 Å². The molecule has 3 aromatic carbocycles. The number of nitrogens with one attached hydrogen (secondary N) is 1. The fraction of sp³-hybridized carbons (Fsp3) is 0.436. The summed E-state index contributed by atoms with van der Waals surface area (Å²) in [6, 6.07) is 17.4. The number of rotatable bonds is 7. The molecule has 0 unspecified atom stereocenters. The van der Waals surface area contributed by atoms with E-state index in [4.69, 9.17) is 32.7 Å². The highest BCUT2D eigenvalue weighted by molar-refractivity contribution is 6.32. The zero-order valence-corrected chi connectivity index (χ0v) is 30.0. The van der Waals surface area contributed by atoms with Crippen LogP contribution in [0.5, 0.6) is 11.5 Å². The number of nitrogens with zero attached hydrogens (tertiary/aromatic N) is 2. The van der Waals surface area contributed by atoms with Crippen molar-refractivity contribution in [2.24, 2.45) is 5.41 Å².